The fourth-order valence-corrected chi connectivity index (χ4v) is 6.84. The predicted molar refractivity (Wildman–Crippen MR) is 232 cm³/mol. The minimum absolute atomic E-state index is 0.633. The van der Waals surface area contributed by atoms with Gasteiger partial charge in [0.1, 0.15) is 6.54 Å². The van der Waals surface area contributed by atoms with Crippen LogP contribution in [0, 0.1) is 0 Å². The first kappa shape index (κ1) is 42.7. The second-order valence-corrected chi connectivity index (χ2v) is 14.9. The number of ether oxygens (including phenoxy) is 6. The number of aromatic nitrogens is 1. The van der Waals surface area contributed by atoms with Crippen molar-refractivity contribution >= 4 is 32.3 Å². The molecule has 7 nitrogen and oxygen atoms in total. The summed E-state index contributed by atoms with van der Waals surface area (Å²) in [5.74, 6) is 4.68. The van der Waals surface area contributed by atoms with E-state index in [2.05, 4.69) is 106 Å². The Labute approximate surface area is 336 Å². The highest BCUT2D eigenvalue weighted by Crippen LogP contribution is 2.47. The van der Waals surface area contributed by atoms with Gasteiger partial charge in [-0.15, -0.1) is 0 Å². The zero-order chi connectivity index (χ0) is 39.4. The van der Waals surface area contributed by atoms with E-state index in [9.17, 15) is 0 Å². The Bertz CT molecular complexity index is 1860. The summed E-state index contributed by atoms with van der Waals surface area (Å²) in [6.45, 7) is 15.8. The van der Waals surface area contributed by atoms with Gasteiger partial charge >= 0.3 is 0 Å². The Balaban J connectivity index is 1.61. The molecule has 1 aromatic heterocycles. The van der Waals surface area contributed by atoms with Gasteiger partial charge < -0.3 is 28.4 Å². The summed E-state index contributed by atoms with van der Waals surface area (Å²) in [4.78, 5) is 0. The highest BCUT2D eigenvalue weighted by molar-refractivity contribution is 6.26. The van der Waals surface area contributed by atoms with Gasteiger partial charge in [0.25, 0.3) is 0 Å². The summed E-state index contributed by atoms with van der Waals surface area (Å²) in [6, 6.07) is 19.4. The fraction of sp³-hybridized carbons (Fsp3) is 0.531. The lowest BCUT2D eigenvalue weighted by Gasteiger charge is -2.20. The van der Waals surface area contributed by atoms with Crippen LogP contribution in [0.2, 0.25) is 0 Å². The third-order valence-electron chi connectivity index (χ3n) is 10.2. The van der Waals surface area contributed by atoms with Crippen molar-refractivity contribution in [3.05, 3.63) is 67.0 Å². The van der Waals surface area contributed by atoms with Crippen molar-refractivity contribution in [1.29, 1.82) is 0 Å². The molecule has 0 bridgehead atoms. The summed E-state index contributed by atoms with van der Waals surface area (Å²) in [7, 11) is 0. The standard InChI is InChI=1S/C49H68NO6/c1-6-11-26-51-44-32-38-39-33-45(52-27-12-7-2)47(54-29-14-9-4)35-41(39)43-37-49(56-31-22-17-16-19-23-50-24-20-18-21-25-50)48(55-30-15-10-5)36-42(43)40(38)34-46(44)53-28-13-8-3/h18,20-21,24-25,32-37H,6-17,19,22-23,26-31H2,1-5H3/q+1. The molecule has 0 aliphatic heterocycles. The van der Waals surface area contributed by atoms with E-state index in [1.54, 1.807) is 0 Å². The van der Waals surface area contributed by atoms with Crippen LogP contribution in [0.25, 0.3) is 32.3 Å². The first-order valence-corrected chi connectivity index (χ1v) is 21.9. The minimum atomic E-state index is 0.633. The SMILES string of the molecule is CCCCOc1cc2c3cc(OCCCC)c(OCCCC)cc3c3cc(OCCCCCC[n+]4ccccc4)c(OCCCC)cc3c2cc1OCCCC. The molecule has 0 amide bonds. The molecule has 56 heavy (non-hydrogen) atoms. The van der Waals surface area contributed by atoms with Crippen molar-refractivity contribution in [2.45, 2.75) is 131 Å². The summed E-state index contributed by atoms with van der Waals surface area (Å²) in [5, 5.41) is 6.52. The zero-order valence-corrected chi connectivity index (χ0v) is 35.1. The maximum Gasteiger partial charge on any atom is 0.168 e. The molecule has 0 radical (unpaired) electrons. The van der Waals surface area contributed by atoms with Crippen LogP contribution in [0.3, 0.4) is 0 Å². The summed E-state index contributed by atoms with van der Waals surface area (Å²) < 4.78 is 41.3. The number of hydrogen-bond donors (Lipinski definition) is 0. The predicted octanol–water partition coefficient (Wildman–Crippen LogP) is 13.0. The Morgan fingerprint density at radius 2 is 0.589 bits per heavy atom. The molecule has 5 aromatic rings. The van der Waals surface area contributed by atoms with Crippen LogP contribution in [0.5, 0.6) is 34.5 Å². The van der Waals surface area contributed by atoms with Crippen LogP contribution in [0.4, 0.5) is 0 Å². The number of fused-ring (bicyclic) bond motifs is 6. The molecule has 5 rings (SSSR count). The van der Waals surface area contributed by atoms with Crippen molar-refractivity contribution in [2.75, 3.05) is 39.6 Å². The van der Waals surface area contributed by atoms with Crippen molar-refractivity contribution in [1.82, 2.24) is 0 Å². The van der Waals surface area contributed by atoms with Gasteiger partial charge in [0, 0.05) is 18.6 Å². The Hall–Kier alpha value is -4.39. The maximum absolute atomic E-state index is 6.63. The van der Waals surface area contributed by atoms with Crippen LogP contribution in [0.1, 0.15) is 125 Å². The molecule has 4 aromatic carbocycles. The molecule has 0 fully saturated rings. The van der Waals surface area contributed by atoms with E-state index in [0.717, 1.165) is 163 Å². The van der Waals surface area contributed by atoms with E-state index in [4.69, 9.17) is 28.4 Å². The fourth-order valence-electron chi connectivity index (χ4n) is 6.84. The van der Waals surface area contributed by atoms with Gasteiger partial charge in [-0.25, -0.2) is 4.57 Å². The first-order valence-electron chi connectivity index (χ1n) is 21.9. The van der Waals surface area contributed by atoms with Gasteiger partial charge in [0.05, 0.1) is 39.6 Å². The number of hydrogen-bond acceptors (Lipinski definition) is 6. The summed E-state index contributed by atoms with van der Waals surface area (Å²) in [6.07, 6.45) is 18.9. The molecule has 0 atom stereocenters. The van der Waals surface area contributed by atoms with Crippen molar-refractivity contribution < 1.29 is 33.0 Å². The number of nitrogens with zero attached hydrogens (tertiary/aromatic N) is 1. The molecule has 304 valence electrons. The quantitative estimate of drug-likeness (QED) is 0.0287. The van der Waals surface area contributed by atoms with E-state index in [-0.39, 0.29) is 0 Å². The van der Waals surface area contributed by atoms with E-state index in [1.165, 1.54) is 0 Å². The number of unbranched alkanes of at least 4 members (excludes halogenated alkanes) is 8. The average Bonchev–Trinajstić information content (AvgIpc) is 3.22. The van der Waals surface area contributed by atoms with Gasteiger partial charge in [-0.05, 0) is 120 Å². The number of pyridine rings is 1. The van der Waals surface area contributed by atoms with E-state index >= 15 is 0 Å². The van der Waals surface area contributed by atoms with Crippen LogP contribution in [0.15, 0.2) is 67.0 Å². The molecule has 0 aliphatic carbocycles. The third-order valence-corrected chi connectivity index (χ3v) is 10.2. The Morgan fingerprint density at radius 1 is 0.321 bits per heavy atom. The number of aryl methyl sites for hydroxylation is 1. The molecule has 1 heterocycles. The minimum Gasteiger partial charge on any atom is -0.490 e. The molecular formula is C49H68NO6+. The summed E-state index contributed by atoms with van der Waals surface area (Å²) in [5.41, 5.74) is 0. The van der Waals surface area contributed by atoms with Gasteiger partial charge in [0.2, 0.25) is 0 Å². The number of rotatable bonds is 28. The van der Waals surface area contributed by atoms with Gasteiger partial charge in [-0.1, -0.05) is 72.8 Å². The molecule has 0 saturated heterocycles. The Kier molecular flexibility index (Phi) is 18.0. The molecular weight excluding hydrogens is 699 g/mol. The second-order valence-electron chi connectivity index (χ2n) is 14.9. The normalized spacial score (nSPS) is 11.4. The molecule has 7 heteroatoms. The molecule has 0 N–H and O–H groups in total. The van der Waals surface area contributed by atoms with Crippen molar-refractivity contribution in [3.63, 3.8) is 0 Å². The van der Waals surface area contributed by atoms with Crippen LogP contribution < -0.4 is 33.0 Å². The third kappa shape index (κ3) is 12.1. The maximum atomic E-state index is 6.63. The lowest BCUT2D eigenvalue weighted by atomic mass is 9.93. The lowest BCUT2D eigenvalue weighted by molar-refractivity contribution is -0.697. The average molecular weight is 767 g/mol. The van der Waals surface area contributed by atoms with Gasteiger partial charge in [-0.3, -0.25) is 0 Å². The zero-order valence-electron chi connectivity index (χ0n) is 35.1. The smallest absolute Gasteiger partial charge is 0.168 e. The second kappa shape index (κ2) is 23.6. The first-order chi connectivity index (χ1) is 27.6. The summed E-state index contributed by atoms with van der Waals surface area (Å²) >= 11 is 0. The highest BCUT2D eigenvalue weighted by Gasteiger charge is 2.20. The van der Waals surface area contributed by atoms with Crippen LogP contribution in [-0.4, -0.2) is 39.6 Å². The van der Waals surface area contributed by atoms with Gasteiger partial charge in [0.15, 0.2) is 46.9 Å². The van der Waals surface area contributed by atoms with Crippen molar-refractivity contribution in [3.8, 4) is 34.5 Å². The van der Waals surface area contributed by atoms with E-state index in [1.807, 2.05) is 0 Å². The Morgan fingerprint density at radius 3 is 0.875 bits per heavy atom. The molecule has 0 aliphatic rings. The molecule has 0 spiro atoms. The monoisotopic (exact) mass is 767 g/mol. The lowest BCUT2D eigenvalue weighted by Crippen LogP contribution is -2.32. The van der Waals surface area contributed by atoms with Gasteiger partial charge in [-0.2, -0.15) is 0 Å². The largest absolute Gasteiger partial charge is 0.490 e. The van der Waals surface area contributed by atoms with Crippen LogP contribution >= 0.6 is 0 Å². The molecule has 0 saturated carbocycles. The molecule has 0 unspecified atom stereocenters. The van der Waals surface area contributed by atoms with E-state index in [0.29, 0.717) is 39.6 Å². The van der Waals surface area contributed by atoms with Crippen molar-refractivity contribution in [2.24, 2.45) is 0 Å². The highest BCUT2D eigenvalue weighted by atomic mass is 16.5. The number of benzene rings is 4. The van der Waals surface area contributed by atoms with E-state index < -0.39 is 0 Å². The topological polar surface area (TPSA) is 59.3 Å². The van der Waals surface area contributed by atoms with Crippen LogP contribution in [-0.2, 0) is 6.54 Å².